The number of nitrogens with zero attached hydrogens (tertiary/aromatic N) is 4. The van der Waals surface area contributed by atoms with Crippen LogP contribution >= 0.6 is 11.8 Å². The van der Waals surface area contributed by atoms with Gasteiger partial charge in [-0.3, -0.25) is 10.1 Å². The topological polar surface area (TPSA) is 73.8 Å². The summed E-state index contributed by atoms with van der Waals surface area (Å²) in [6, 6.07) is 6.63. The molecule has 0 radical (unpaired) electrons. The number of aromatic nitrogens is 3. The van der Waals surface area contributed by atoms with Gasteiger partial charge in [-0.2, -0.15) is 0 Å². The summed E-state index contributed by atoms with van der Waals surface area (Å²) < 4.78 is 1.92. The summed E-state index contributed by atoms with van der Waals surface area (Å²) in [6.45, 7) is 4.58. The van der Waals surface area contributed by atoms with Crippen LogP contribution in [0.15, 0.2) is 34.3 Å². The quantitative estimate of drug-likeness (QED) is 0.627. The molecule has 0 aliphatic carbocycles. The Bertz CT molecular complexity index is 582. The van der Waals surface area contributed by atoms with Crippen LogP contribution in [0.1, 0.15) is 12.7 Å². The molecule has 0 atom stereocenters. The van der Waals surface area contributed by atoms with Crippen molar-refractivity contribution >= 4 is 17.4 Å². The highest BCUT2D eigenvalue weighted by Crippen LogP contribution is 2.33. The lowest BCUT2D eigenvalue weighted by atomic mass is 10.3. The first-order valence-electron chi connectivity index (χ1n) is 5.44. The monoisotopic (exact) mass is 264 g/mol. The van der Waals surface area contributed by atoms with Crippen molar-refractivity contribution in [2.45, 2.75) is 30.4 Å². The fourth-order valence-corrected chi connectivity index (χ4v) is 2.64. The van der Waals surface area contributed by atoms with E-state index >= 15 is 0 Å². The van der Waals surface area contributed by atoms with Gasteiger partial charge in [0, 0.05) is 12.6 Å². The van der Waals surface area contributed by atoms with Crippen molar-refractivity contribution in [2.24, 2.45) is 0 Å². The molecule has 1 aromatic heterocycles. The third-order valence-corrected chi connectivity index (χ3v) is 3.53. The van der Waals surface area contributed by atoms with E-state index in [4.69, 9.17) is 0 Å². The minimum absolute atomic E-state index is 0.0887. The first kappa shape index (κ1) is 12.6. The zero-order chi connectivity index (χ0) is 13.1. The zero-order valence-corrected chi connectivity index (χ0v) is 10.8. The predicted octanol–water partition coefficient (Wildman–Crippen LogP) is 2.67. The summed E-state index contributed by atoms with van der Waals surface area (Å²) >= 11 is 1.26. The summed E-state index contributed by atoms with van der Waals surface area (Å²) in [5, 5.41) is 19.6. The molecular formula is C11H12N4O2S. The van der Waals surface area contributed by atoms with E-state index in [0.29, 0.717) is 10.1 Å². The molecule has 2 rings (SSSR count). The van der Waals surface area contributed by atoms with Crippen LogP contribution in [0, 0.1) is 17.0 Å². The molecule has 7 heteroatoms. The average Bonchev–Trinajstić information content (AvgIpc) is 2.70. The average molecular weight is 264 g/mol. The Morgan fingerprint density at radius 1 is 1.39 bits per heavy atom. The second-order valence-corrected chi connectivity index (χ2v) is 4.61. The number of rotatable bonds is 4. The maximum absolute atomic E-state index is 10.9. The number of nitro groups is 1. The van der Waals surface area contributed by atoms with Crippen molar-refractivity contribution in [2.75, 3.05) is 0 Å². The second-order valence-electron chi connectivity index (χ2n) is 3.60. The standard InChI is InChI=1S/C11H12N4O2S/c1-3-14-8(2)12-13-11(14)18-10-7-5-4-6-9(10)15(16)17/h4-7H,3H2,1-2H3. The minimum Gasteiger partial charge on any atom is -0.306 e. The first-order valence-corrected chi connectivity index (χ1v) is 6.26. The van der Waals surface area contributed by atoms with Crippen molar-refractivity contribution in [1.29, 1.82) is 0 Å². The molecular weight excluding hydrogens is 252 g/mol. The van der Waals surface area contributed by atoms with Gasteiger partial charge in [-0.25, -0.2) is 0 Å². The molecule has 1 heterocycles. The Labute approximate surface area is 108 Å². The fraction of sp³-hybridized carbons (Fsp3) is 0.273. The molecule has 0 bridgehead atoms. The molecule has 94 valence electrons. The van der Waals surface area contributed by atoms with Crippen molar-refractivity contribution in [3.05, 3.63) is 40.2 Å². The van der Waals surface area contributed by atoms with E-state index in [-0.39, 0.29) is 10.6 Å². The van der Waals surface area contributed by atoms with Gasteiger partial charge in [-0.05, 0) is 31.7 Å². The van der Waals surface area contributed by atoms with E-state index in [2.05, 4.69) is 10.2 Å². The Morgan fingerprint density at radius 3 is 2.78 bits per heavy atom. The van der Waals surface area contributed by atoms with Gasteiger partial charge in [0.2, 0.25) is 0 Å². The Balaban J connectivity index is 2.37. The SMILES string of the molecule is CCn1c(C)nnc1Sc1ccccc1[N+](=O)[O-]. The highest BCUT2D eigenvalue weighted by Gasteiger charge is 2.17. The number of aryl methyl sites for hydroxylation is 1. The summed E-state index contributed by atoms with van der Waals surface area (Å²) in [7, 11) is 0. The highest BCUT2D eigenvalue weighted by atomic mass is 32.2. The lowest BCUT2D eigenvalue weighted by Crippen LogP contribution is -1.99. The van der Waals surface area contributed by atoms with E-state index in [1.54, 1.807) is 18.2 Å². The summed E-state index contributed by atoms with van der Waals surface area (Å²) in [6.07, 6.45) is 0. The fourth-order valence-electron chi connectivity index (χ4n) is 1.59. The van der Waals surface area contributed by atoms with Gasteiger partial charge < -0.3 is 4.57 Å². The van der Waals surface area contributed by atoms with Gasteiger partial charge in [0.15, 0.2) is 5.16 Å². The van der Waals surface area contributed by atoms with Crippen molar-refractivity contribution in [1.82, 2.24) is 14.8 Å². The molecule has 0 spiro atoms. The zero-order valence-electron chi connectivity index (χ0n) is 10.0. The van der Waals surface area contributed by atoms with Crippen LogP contribution in [0.3, 0.4) is 0 Å². The number of para-hydroxylation sites is 1. The van der Waals surface area contributed by atoms with Gasteiger partial charge >= 0.3 is 0 Å². The molecule has 0 aliphatic rings. The number of hydrogen-bond donors (Lipinski definition) is 0. The molecule has 0 unspecified atom stereocenters. The summed E-state index contributed by atoms with van der Waals surface area (Å²) in [5.74, 6) is 0.804. The molecule has 0 amide bonds. The Hall–Kier alpha value is -1.89. The molecule has 0 saturated carbocycles. The summed E-state index contributed by atoms with van der Waals surface area (Å²) in [4.78, 5) is 11.1. The number of nitro benzene ring substituents is 1. The molecule has 18 heavy (non-hydrogen) atoms. The van der Waals surface area contributed by atoms with Crippen molar-refractivity contribution in [3.8, 4) is 0 Å². The van der Waals surface area contributed by atoms with Gasteiger partial charge in [0.1, 0.15) is 5.82 Å². The maximum atomic E-state index is 10.9. The molecule has 6 nitrogen and oxygen atoms in total. The largest absolute Gasteiger partial charge is 0.306 e. The molecule has 1 aromatic carbocycles. The molecule has 2 aromatic rings. The number of benzene rings is 1. The minimum atomic E-state index is -0.387. The van der Waals surface area contributed by atoms with Gasteiger partial charge in [-0.1, -0.05) is 12.1 Å². The van der Waals surface area contributed by atoms with Gasteiger partial charge in [0.05, 0.1) is 9.82 Å². The second kappa shape index (κ2) is 5.18. The summed E-state index contributed by atoms with van der Waals surface area (Å²) in [5.41, 5.74) is 0.0887. The molecule has 0 saturated heterocycles. The third-order valence-electron chi connectivity index (χ3n) is 2.48. The van der Waals surface area contributed by atoms with Crippen LogP contribution in [0.2, 0.25) is 0 Å². The van der Waals surface area contributed by atoms with Crippen molar-refractivity contribution < 1.29 is 4.92 Å². The van der Waals surface area contributed by atoms with Crippen LogP contribution in [-0.2, 0) is 6.54 Å². The lowest BCUT2D eigenvalue weighted by molar-refractivity contribution is -0.387. The van der Waals surface area contributed by atoms with E-state index in [0.717, 1.165) is 12.4 Å². The number of hydrogen-bond acceptors (Lipinski definition) is 5. The van der Waals surface area contributed by atoms with Crippen LogP contribution < -0.4 is 0 Å². The van der Waals surface area contributed by atoms with Crippen LogP contribution in [0.25, 0.3) is 0 Å². The van der Waals surface area contributed by atoms with Crippen molar-refractivity contribution in [3.63, 3.8) is 0 Å². The highest BCUT2D eigenvalue weighted by molar-refractivity contribution is 7.99. The van der Waals surface area contributed by atoms with Gasteiger partial charge in [0.25, 0.3) is 5.69 Å². The Morgan fingerprint density at radius 2 is 2.11 bits per heavy atom. The van der Waals surface area contributed by atoms with Crippen LogP contribution in [0.5, 0.6) is 0 Å². The lowest BCUT2D eigenvalue weighted by Gasteiger charge is -2.04. The van der Waals surface area contributed by atoms with E-state index in [1.807, 2.05) is 18.4 Å². The molecule has 0 fully saturated rings. The molecule has 0 aliphatic heterocycles. The van der Waals surface area contributed by atoms with Gasteiger partial charge in [-0.15, -0.1) is 10.2 Å². The van der Waals surface area contributed by atoms with E-state index in [9.17, 15) is 10.1 Å². The van der Waals surface area contributed by atoms with Crippen LogP contribution in [0.4, 0.5) is 5.69 Å². The third kappa shape index (κ3) is 2.35. The predicted molar refractivity (Wildman–Crippen MR) is 67.7 cm³/mol. The molecule has 0 N–H and O–H groups in total. The van der Waals surface area contributed by atoms with E-state index in [1.165, 1.54) is 17.8 Å². The smallest absolute Gasteiger partial charge is 0.283 e. The van der Waals surface area contributed by atoms with Crippen LogP contribution in [-0.4, -0.2) is 19.7 Å². The Kier molecular flexibility index (Phi) is 3.61. The first-order chi connectivity index (χ1) is 8.63. The maximum Gasteiger partial charge on any atom is 0.283 e. The van der Waals surface area contributed by atoms with E-state index < -0.39 is 0 Å². The normalized spacial score (nSPS) is 10.6.